The van der Waals surface area contributed by atoms with Crippen molar-refractivity contribution in [3.63, 3.8) is 0 Å². The average molecular weight is 430 g/mol. The molecule has 0 amide bonds. The van der Waals surface area contributed by atoms with Crippen LogP contribution >= 0.6 is 11.6 Å². The first-order valence-electron chi connectivity index (χ1n) is 10.3. The molecule has 1 aliphatic rings. The maximum absolute atomic E-state index is 12.7. The minimum absolute atomic E-state index is 0.235. The number of aromatic nitrogens is 4. The van der Waals surface area contributed by atoms with Crippen molar-refractivity contribution in [2.75, 3.05) is 5.32 Å². The normalized spacial score (nSPS) is 21.1. The third kappa shape index (κ3) is 3.90. The molecule has 160 valence electrons. The van der Waals surface area contributed by atoms with Gasteiger partial charge < -0.3 is 5.32 Å². The second kappa shape index (κ2) is 7.61. The second-order valence-electron chi connectivity index (χ2n) is 9.36. The molecule has 7 nitrogen and oxygen atoms in total. The van der Waals surface area contributed by atoms with Gasteiger partial charge in [-0.25, -0.2) is 4.79 Å². The number of hydrogen-bond acceptors (Lipinski definition) is 4. The number of anilines is 1. The first-order valence-corrected chi connectivity index (χ1v) is 10.7. The quantitative estimate of drug-likeness (QED) is 0.661. The third-order valence-electron chi connectivity index (χ3n) is 6.01. The fourth-order valence-corrected chi connectivity index (χ4v) is 5.13. The van der Waals surface area contributed by atoms with Gasteiger partial charge in [0.1, 0.15) is 0 Å². The molecule has 2 N–H and O–H groups in total. The van der Waals surface area contributed by atoms with E-state index in [1.54, 1.807) is 7.05 Å². The van der Waals surface area contributed by atoms with Crippen molar-refractivity contribution in [2.24, 2.45) is 18.4 Å². The van der Waals surface area contributed by atoms with Crippen LogP contribution in [0.5, 0.6) is 0 Å². The van der Waals surface area contributed by atoms with Gasteiger partial charge in [0.15, 0.2) is 11.2 Å². The molecule has 0 radical (unpaired) electrons. The standard InChI is InChI=1S/C22H28ClN5O2/c1-13-9-15(11-22(2,3)10-13)24-20-25-18-17(19(29)26-21(30)27(18)4)28(20)12-14-7-5-6-8-16(14)23/h5-8,13,15H,9-12H2,1-4H3,(H,24,25)(H,26,29,30)/t13-,15+/m1/s1. The van der Waals surface area contributed by atoms with E-state index in [9.17, 15) is 9.59 Å². The predicted octanol–water partition coefficient (Wildman–Crippen LogP) is 3.75. The Bertz CT molecular complexity index is 1210. The summed E-state index contributed by atoms with van der Waals surface area (Å²) in [5.74, 6) is 1.19. The number of halogens is 1. The molecule has 2 heterocycles. The summed E-state index contributed by atoms with van der Waals surface area (Å²) in [5.41, 5.74) is 0.919. The Morgan fingerprint density at radius 3 is 2.70 bits per heavy atom. The minimum Gasteiger partial charge on any atom is -0.353 e. The van der Waals surface area contributed by atoms with Gasteiger partial charge in [-0.1, -0.05) is 50.6 Å². The van der Waals surface area contributed by atoms with Crippen LogP contribution in [0.4, 0.5) is 5.95 Å². The van der Waals surface area contributed by atoms with Crippen molar-refractivity contribution in [2.45, 2.75) is 52.6 Å². The van der Waals surface area contributed by atoms with E-state index in [1.807, 2.05) is 28.8 Å². The molecule has 4 rings (SSSR count). The van der Waals surface area contributed by atoms with E-state index in [0.29, 0.717) is 34.6 Å². The van der Waals surface area contributed by atoms with Crippen LogP contribution in [0.3, 0.4) is 0 Å². The molecule has 0 bridgehead atoms. The van der Waals surface area contributed by atoms with E-state index in [0.717, 1.165) is 18.4 Å². The van der Waals surface area contributed by atoms with E-state index in [-0.39, 0.29) is 11.5 Å². The predicted molar refractivity (Wildman–Crippen MR) is 120 cm³/mol. The maximum Gasteiger partial charge on any atom is 0.329 e. The number of nitrogens with one attached hydrogen (secondary N) is 2. The molecule has 1 aromatic carbocycles. The van der Waals surface area contributed by atoms with E-state index in [4.69, 9.17) is 11.6 Å². The van der Waals surface area contributed by atoms with Crippen LogP contribution in [0.2, 0.25) is 5.02 Å². The largest absolute Gasteiger partial charge is 0.353 e. The molecule has 0 spiro atoms. The van der Waals surface area contributed by atoms with Gasteiger partial charge in [-0.2, -0.15) is 4.98 Å². The van der Waals surface area contributed by atoms with Gasteiger partial charge in [0.2, 0.25) is 5.95 Å². The molecule has 1 saturated carbocycles. The van der Waals surface area contributed by atoms with Crippen LogP contribution in [-0.2, 0) is 13.6 Å². The van der Waals surface area contributed by atoms with Crippen LogP contribution < -0.4 is 16.6 Å². The highest BCUT2D eigenvalue weighted by atomic mass is 35.5. The first-order chi connectivity index (χ1) is 14.1. The monoisotopic (exact) mass is 429 g/mol. The molecule has 0 aliphatic heterocycles. The smallest absolute Gasteiger partial charge is 0.329 e. The fraction of sp³-hybridized carbons (Fsp3) is 0.500. The van der Waals surface area contributed by atoms with E-state index < -0.39 is 11.2 Å². The van der Waals surface area contributed by atoms with Gasteiger partial charge in [0.25, 0.3) is 5.56 Å². The van der Waals surface area contributed by atoms with Crippen molar-refractivity contribution in [3.8, 4) is 0 Å². The summed E-state index contributed by atoms with van der Waals surface area (Å²) in [4.78, 5) is 31.9. The molecule has 8 heteroatoms. The number of fused-ring (bicyclic) bond motifs is 1. The Kier molecular flexibility index (Phi) is 5.26. The Morgan fingerprint density at radius 2 is 2.00 bits per heavy atom. The van der Waals surface area contributed by atoms with E-state index in [2.05, 4.69) is 36.1 Å². The van der Waals surface area contributed by atoms with Crippen LogP contribution in [0.25, 0.3) is 11.2 Å². The molecule has 0 saturated heterocycles. The highest BCUT2D eigenvalue weighted by Gasteiger charge is 2.33. The minimum atomic E-state index is -0.478. The molecule has 0 unspecified atom stereocenters. The number of rotatable bonds is 4. The number of hydrogen-bond donors (Lipinski definition) is 2. The average Bonchev–Trinajstić information content (AvgIpc) is 2.98. The molecular formula is C22H28ClN5O2. The van der Waals surface area contributed by atoms with Gasteiger partial charge >= 0.3 is 5.69 Å². The lowest BCUT2D eigenvalue weighted by Crippen LogP contribution is -2.36. The molecule has 3 aromatic rings. The summed E-state index contributed by atoms with van der Waals surface area (Å²) in [6.45, 7) is 7.24. The zero-order chi connectivity index (χ0) is 21.6. The van der Waals surface area contributed by atoms with Crippen molar-refractivity contribution in [3.05, 3.63) is 55.7 Å². The lowest BCUT2D eigenvalue weighted by Gasteiger charge is -2.39. The Hall–Kier alpha value is -2.54. The van der Waals surface area contributed by atoms with Gasteiger partial charge in [0, 0.05) is 18.1 Å². The number of benzene rings is 1. The third-order valence-corrected chi connectivity index (χ3v) is 6.38. The number of imidazole rings is 1. The highest BCUT2D eigenvalue weighted by Crippen LogP contribution is 2.39. The van der Waals surface area contributed by atoms with Crippen LogP contribution in [0.1, 0.15) is 45.6 Å². The van der Waals surface area contributed by atoms with Crippen molar-refractivity contribution >= 4 is 28.7 Å². The second-order valence-corrected chi connectivity index (χ2v) is 9.77. The van der Waals surface area contributed by atoms with E-state index in [1.165, 1.54) is 11.0 Å². The SMILES string of the molecule is C[C@@H]1C[C@H](Nc2nc3c(c(=O)[nH]c(=O)n3C)n2Cc2ccccc2Cl)CC(C)(C)C1. The number of H-pyrrole nitrogens is 1. The Balaban J connectivity index is 1.83. The Morgan fingerprint density at radius 1 is 1.27 bits per heavy atom. The molecular weight excluding hydrogens is 402 g/mol. The number of aryl methyl sites for hydroxylation is 1. The lowest BCUT2D eigenvalue weighted by molar-refractivity contribution is 0.177. The number of nitrogens with zero attached hydrogens (tertiary/aromatic N) is 3. The van der Waals surface area contributed by atoms with Crippen molar-refractivity contribution < 1.29 is 0 Å². The highest BCUT2D eigenvalue weighted by molar-refractivity contribution is 6.31. The van der Waals surface area contributed by atoms with Crippen LogP contribution in [-0.4, -0.2) is 25.1 Å². The Labute approximate surface area is 180 Å². The van der Waals surface area contributed by atoms with Crippen molar-refractivity contribution in [1.82, 2.24) is 19.1 Å². The van der Waals surface area contributed by atoms with Crippen LogP contribution in [0.15, 0.2) is 33.9 Å². The summed E-state index contributed by atoms with van der Waals surface area (Å²) in [5, 5.41) is 4.20. The summed E-state index contributed by atoms with van der Waals surface area (Å²) >= 11 is 6.39. The topological polar surface area (TPSA) is 84.7 Å². The maximum atomic E-state index is 12.7. The van der Waals surface area contributed by atoms with Gasteiger partial charge in [-0.15, -0.1) is 0 Å². The molecule has 1 aliphatic carbocycles. The summed E-state index contributed by atoms with van der Waals surface area (Å²) in [7, 11) is 1.61. The first kappa shape index (κ1) is 20.7. The molecule has 30 heavy (non-hydrogen) atoms. The molecule has 2 atom stereocenters. The summed E-state index contributed by atoms with van der Waals surface area (Å²) < 4.78 is 3.21. The number of aromatic amines is 1. The zero-order valence-corrected chi connectivity index (χ0v) is 18.6. The molecule has 1 fully saturated rings. The zero-order valence-electron chi connectivity index (χ0n) is 17.8. The summed E-state index contributed by atoms with van der Waals surface area (Å²) in [6.07, 6.45) is 3.24. The van der Waals surface area contributed by atoms with Gasteiger partial charge in [-0.3, -0.25) is 18.9 Å². The molecule has 2 aromatic heterocycles. The van der Waals surface area contributed by atoms with Crippen LogP contribution in [0, 0.1) is 11.3 Å². The van der Waals surface area contributed by atoms with Gasteiger partial charge in [-0.05, 0) is 42.2 Å². The van der Waals surface area contributed by atoms with E-state index >= 15 is 0 Å². The lowest BCUT2D eigenvalue weighted by atomic mass is 9.71. The fourth-order valence-electron chi connectivity index (χ4n) is 4.93. The van der Waals surface area contributed by atoms with Gasteiger partial charge in [0.05, 0.1) is 6.54 Å². The summed E-state index contributed by atoms with van der Waals surface area (Å²) in [6, 6.07) is 7.79. The van der Waals surface area contributed by atoms with Crippen molar-refractivity contribution in [1.29, 1.82) is 0 Å².